The van der Waals surface area contributed by atoms with Crippen LogP contribution >= 0.6 is 0 Å². The molecule has 4 heteroatoms. The van der Waals surface area contributed by atoms with Crippen molar-refractivity contribution in [1.29, 1.82) is 0 Å². The minimum atomic E-state index is -2.85. The maximum absolute atomic E-state index is 2.85. The van der Waals surface area contributed by atoms with Crippen molar-refractivity contribution in [3.63, 3.8) is 0 Å². The molecule has 0 spiro atoms. The van der Waals surface area contributed by atoms with Gasteiger partial charge in [0, 0.05) is 54.8 Å². The Balaban J connectivity index is 1.09. The average molecular weight is 908 g/mol. The highest BCUT2D eigenvalue weighted by atomic mass is 28.3. The number of hydrogen-bond acceptors (Lipinski definition) is 0. The first-order chi connectivity index (χ1) is 34.8. The molecule has 0 bridgehead atoms. The van der Waals surface area contributed by atoms with Gasteiger partial charge >= 0.3 is 0 Å². The molecule has 14 rings (SSSR count). The predicted octanol–water partition coefficient (Wildman–Crippen LogP) is 14.0. The fourth-order valence-corrected chi connectivity index (χ4v) is 16.7. The monoisotopic (exact) mass is 907 g/mol. The Kier molecular flexibility index (Phi) is 9.23. The third-order valence-corrected chi connectivity index (χ3v) is 19.5. The third-order valence-electron chi connectivity index (χ3n) is 14.8. The van der Waals surface area contributed by atoms with E-state index in [1.165, 1.54) is 97.3 Å². The van der Waals surface area contributed by atoms with E-state index < -0.39 is 8.07 Å². The van der Waals surface area contributed by atoms with Gasteiger partial charge in [-0.2, -0.15) is 0 Å². The Hall–Kier alpha value is -8.96. The lowest BCUT2D eigenvalue weighted by molar-refractivity contribution is 1.13. The van der Waals surface area contributed by atoms with Gasteiger partial charge in [0.05, 0.1) is 38.8 Å². The maximum Gasteiger partial charge on any atom is 0.179 e. The molecule has 0 saturated heterocycles. The van der Waals surface area contributed by atoms with Crippen LogP contribution in [0.3, 0.4) is 0 Å². The number of aromatic nitrogens is 3. The summed E-state index contributed by atoms with van der Waals surface area (Å²) >= 11 is 0. The molecule has 328 valence electrons. The second kappa shape index (κ2) is 16.1. The van der Waals surface area contributed by atoms with Crippen LogP contribution in [-0.2, 0) is 0 Å². The smallest absolute Gasteiger partial charge is 0.179 e. The molecular weight excluding hydrogens is 863 g/mol. The summed E-state index contributed by atoms with van der Waals surface area (Å²) in [5.74, 6) is 0. The normalized spacial score (nSPS) is 12.0. The molecule has 0 N–H and O–H groups in total. The van der Waals surface area contributed by atoms with E-state index in [-0.39, 0.29) is 0 Å². The summed E-state index contributed by atoms with van der Waals surface area (Å²) in [6.07, 6.45) is 0. The van der Waals surface area contributed by atoms with Gasteiger partial charge < -0.3 is 13.7 Å². The van der Waals surface area contributed by atoms with Gasteiger partial charge in [0.15, 0.2) is 8.07 Å². The molecule has 0 radical (unpaired) electrons. The highest BCUT2D eigenvalue weighted by Gasteiger charge is 2.41. The van der Waals surface area contributed by atoms with Crippen molar-refractivity contribution in [2.24, 2.45) is 0 Å². The standard InChI is InChI=1S/C66H45N3Si/c1-5-23-46(24-6-1)67-60-41-16-13-33-52(60)55-36-20-38-58(64(55)67)59-39-21-37-56-53-34-15-18-43-62(53)69(65(56)59)63-44-22-40-57-54-35-14-17-42-61(54)68(66(57)63)47-25-19-32-51(45-47)70(48-26-7-2-8-27-48,49-28-9-3-10-29-49)50-30-11-4-12-31-50/h1-45H. The van der Waals surface area contributed by atoms with Crippen molar-refractivity contribution >= 4 is 94.2 Å². The highest BCUT2D eigenvalue weighted by Crippen LogP contribution is 2.45. The molecule has 0 amide bonds. The number of hydrogen-bond donors (Lipinski definition) is 0. The molecule has 0 aliphatic carbocycles. The van der Waals surface area contributed by atoms with Crippen LogP contribution in [0.4, 0.5) is 0 Å². The van der Waals surface area contributed by atoms with Crippen LogP contribution in [0.1, 0.15) is 0 Å². The molecule has 0 saturated carbocycles. The Morgan fingerprint density at radius 1 is 0.229 bits per heavy atom. The summed E-state index contributed by atoms with van der Waals surface area (Å²) in [6, 6.07) is 101. The van der Waals surface area contributed by atoms with Gasteiger partial charge in [0.2, 0.25) is 0 Å². The van der Waals surface area contributed by atoms with Crippen LogP contribution in [-0.4, -0.2) is 21.8 Å². The minimum Gasteiger partial charge on any atom is -0.309 e. The van der Waals surface area contributed by atoms with Gasteiger partial charge in [0.1, 0.15) is 0 Å². The molecule has 14 aromatic rings. The zero-order valence-corrected chi connectivity index (χ0v) is 39.3. The van der Waals surface area contributed by atoms with Crippen molar-refractivity contribution in [3.05, 3.63) is 273 Å². The molecule has 3 heterocycles. The zero-order valence-electron chi connectivity index (χ0n) is 38.3. The first-order valence-corrected chi connectivity index (χ1v) is 26.2. The van der Waals surface area contributed by atoms with Crippen molar-refractivity contribution in [1.82, 2.24) is 13.7 Å². The van der Waals surface area contributed by atoms with Crippen molar-refractivity contribution < 1.29 is 0 Å². The number of fused-ring (bicyclic) bond motifs is 9. The summed E-state index contributed by atoms with van der Waals surface area (Å²) in [6.45, 7) is 0. The van der Waals surface area contributed by atoms with Gasteiger partial charge in [-0.15, -0.1) is 0 Å². The fraction of sp³-hybridized carbons (Fsp3) is 0. The lowest BCUT2D eigenvalue weighted by atomic mass is 9.99. The largest absolute Gasteiger partial charge is 0.309 e. The van der Waals surface area contributed by atoms with E-state index in [2.05, 4.69) is 287 Å². The van der Waals surface area contributed by atoms with Crippen LogP contribution < -0.4 is 20.7 Å². The number of para-hydroxylation sites is 7. The fourth-order valence-electron chi connectivity index (χ4n) is 12.0. The molecule has 0 fully saturated rings. The Morgan fingerprint density at radius 3 is 1.09 bits per heavy atom. The summed E-state index contributed by atoms with van der Waals surface area (Å²) in [4.78, 5) is 0. The number of rotatable bonds is 8. The van der Waals surface area contributed by atoms with Gasteiger partial charge in [-0.3, -0.25) is 0 Å². The first kappa shape index (κ1) is 40.1. The third kappa shape index (κ3) is 5.87. The molecule has 70 heavy (non-hydrogen) atoms. The molecule has 11 aromatic carbocycles. The van der Waals surface area contributed by atoms with Crippen LogP contribution in [0.2, 0.25) is 0 Å². The quantitative estimate of drug-likeness (QED) is 0.107. The summed E-state index contributed by atoms with van der Waals surface area (Å²) in [7, 11) is -2.85. The first-order valence-electron chi connectivity index (χ1n) is 24.2. The molecule has 0 aliphatic rings. The van der Waals surface area contributed by atoms with Gasteiger partial charge in [0.25, 0.3) is 0 Å². The van der Waals surface area contributed by atoms with E-state index in [1.807, 2.05) is 0 Å². The van der Waals surface area contributed by atoms with E-state index in [1.54, 1.807) is 0 Å². The molecule has 0 atom stereocenters. The van der Waals surface area contributed by atoms with E-state index in [9.17, 15) is 0 Å². The van der Waals surface area contributed by atoms with Gasteiger partial charge in [-0.1, -0.05) is 224 Å². The van der Waals surface area contributed by atoms with Gasteiger partial charge in [-0.05, 0) is 69.3 Å². The maximum atomic E-state index is 2.56. The van der Waals surface area contributed by atoms with Crippen LogP contribution in [0.5, 0.6) is 0 Å². The second-order valence-corrected chi connectivity index (χ2v) is 22.2. The Labute approximate surface area is 407 Å². The van der Waals surface area contributed by atoms with E-state index in [0.717, 1.165) is 17.1 Å². The minimum absolute atomic E-state index is 1.13. The van der Waals surface area contributed by atoms with E-state index >= 15 is 0 Å². The lowest BCUT2D eigenvalue weighted by Crippen LogP contribution is -2.74. The Morgan fingerprint density at radius 2 is 0.571 bits per heavy atom. The predicted molar refractivity (Wildman–Crippen MR) is 299 cm³/mol. The zero-order chi connectivity index (χ0) is 46.2. The SMILES string of the molecule is c1ccc(-n2c3ccccc3c3cccc(-c4cccc5c6ccccc6n(-c6cccc7c8ccccc8n(-c8cccc([Si](c9ccccc9)(c9ccccc9)c9ccccc9)c8)c67)c45)c32)cc1. The summed E-state index contributed by atoms with van der Waals surface area (Å²) in [5.41, 5.74) is 12.9. The van der Waals surface area contributed by atoms with E-state index in [4.69, 9.17) is 0 Å². The van der Waals surface area contributed by atoms with Crippen LogP contribution in [0, 0.1) is 0 Å². The van der Waals surface area contributed by atoms with E-state index in [0.29, 0.717) is 0 Å². The topological polar surface area (TPSA) is 14.8 Å². The molecule has 0 aliphatic heterocycles. The van der Waals surface area contributed by atoms with Crippen molar-refractivity contribution in [2.45, 2.75) is 0 Å². The molecule has 3 aromatic heterocycles. The van der Waals surface area contributed by atoms with Gasteiger partial charge in [-0.25, -0.2) is 0 Å². The van der Waals surface area contributed by atoms with Crippen molar-refractivity contribution in [3.8, 4) is 28.2 Å². The lowest BCUT2D eigenvalue weighted by Gasteiger charge is -2.34. The summed E-state index contributed by atoms with van der Waals surface area (Å²) < 4.78 is 7.56. The Bertz CT molecular complexity index is 4180. The van der Waals surface area contributed by atoms with Crippen LogP contribution in [0.25, 0.3) is 93.6 Å². The second-order valence-electron chi connectivity index (χ2n) is 18.4. The molecule has 3 nitrogen and oxygen atoms in total. The number of nitrogens with zero attached hydrogens (tertiary/aromatic N) is 3. The van der Waals surface area contributed by atoms with Crippen LogP contribution in [0.15, 0.2) is 273 Å². The molecular formula is C66H45N3Si. The number of benzene rings is 11. The average Bonchev–Trinajstić information content (AvgIpc) is 4.09. The van der Waals surface area contributed by atoms with Crippen molar-refractivity contribution in [2.75, 3.05) is 0 Å². The highest BCUT2D eigenvalue weighted by molar-refractivity contribution is 7.19. The molecule has 0 unspecified atom stereocenters. The summed E-state index contributed by atoms with van der Waals surface area (Å²) in [5, 5.41) is 12.8.